The van der Waals surface area contributed by atoms with E-state index in [4.69, 9.17) is 0 Å². The highest BCUT2D eigenvalue weighted by atomic mass is 15.3. The molecule has 0 spiro atoms. The molecule has 0 radical (unpaired) electrons. The van der Waals surface area contributed by atoms with Crippen molar-refractivity contribution in [1.82, 2.24) is 15.1 Å². The third-order valence-corrected chi connectivity index (χ3v) is 4.33. The molecule has 112 valence electrons. The monoisotopic (exact) mass is 275 g/mol. The van der Waals surface area contributed by atoms with Crippen molar-refractivity contribution in [3.05, 3.63) is 35.9 Å². The summed E-state index contributed by atoms with van der Waals surface area (Å²) in [5.41, 5.74) is 1.41. The Bertz CT molecular complexity index is 379. The fraction of sp³-hybridized carbons (Fsp3) is 0.647. The third kappa shape index (κ3) is 4.30. The van der Waals surface area contributed by atoms with Gasteiger partial charge in [-0.05, 0) is 32.5 Å². The second-order valence-electron chi connectivity index (χ2n) is 6.01. The van der Waals surface area contributed by atoms with Gasteiger partial charge in [0.25, 0.3) is 0 Å². The fourth-order valence-corrected chi connectivity index (χ4v) is 2.84. The van der Waals surface area contributed by atoms with Gasteiger partial charge >= 0.3 is 0 Å². The topological polar surface area (TPSA) is 18.5 Å². The molecule has 2 unspecified atom stereocenters. The van der Waals surface area contributed by atoms with E-state index in [1.807, 2.05) is 0 Å². The zero-order chi connectivity index (χ0) is 14.4. The minimum atomic E-state index is 0.451. The van der Waals surface area contributed by atoms with Crippen LogP contribution in [0.2, 0.25) is 0 Å². The predicted molar refractivity (Wildman–Crippen MR) is 86.0 cm³/mol. The van der Waals surface area contributed by atoms with Crippen molar-refractivity contribution in [2.24, 2.45) is 0 Å². The van der Waals surface area contributed by atoms with E-state index in [2.05, 4.69) is 66.3 Å². The molecule has 0 aromatic heterocycles. The summed E-state index contributed by atoms with van der Waals surface area (Å²) in [4.78, 5) is 5.05. The highest BCUT2D eigenvalue weighted by molar-refractivity contribution is 5.19. The second-order valence-corrected chi connectivity index (χ2v) is 6.01. The van der Waals surface area contributed by atoms with Gasteiger partial charge in [-0.1, -0.05) is 37.3 Å². The van der Waals surface area contributed by atoms with E-state index in [1.165, 1.54) is 31.6 Å². The molecule has 1 heterocycles. The van der Waals surface area contributed by atoms with Crippen LogP contribution in [0.4, 0.5) is 0 Å². The molecular formula is C17H29N3. The van der Waals surface area contributed by atoms with E-state index in [-0.39, 0.29) is 0 Å². The lowest BCUT2D eigenvalue weighted by Gasteiger charge is -2.39. The zero-order valence-electron chi connectivity index (χ0n) is 13.2. The van der Waals surface area contributed by atoms with Gasteiger partial charge in [0, 0.05) is 38.3 Å². The normalized spacial score (nSPS) is 22.9. The minimum absolute atomic E-state index is 0.451. The molecule has 0 aliphatic carbocycles. The van der Waals surface area contributed by atoms with Crippen LogP contribution in [0.15, 0.2) is 30.3 Å². The first kappa shape index (κ1) is 15.5. The van der Waals surface area contributed by atoms with Crippen LogP contribution in [0.25, 0.3) is 0 Å². The standard InChI is InChI=1S/C17H29N3/c1-4-10-18-17(16-8-6-5-7-9-16)14-20-12-11-19(3)15(2)13-20/h5-9,15,17-18H,4,10-14H2,1-3H3. The summed E-state index contributed by atoms with van der Waals surface area (Å²) in [5, 5.41) is 3.70. The van der Waals surface area contributed by atoms with E-state index in [0.29, 0.717) is 12.1 Å². The van der Waals surface area contributed by atoms with Crippen molar-refractivity contribution < 1.29 is 0 Å². The highest BCUT2D eigenvalue weighted by Crippen LogP contribution is 2.16. The number of hydrogen-bond donors (Lipinski definition) is 1. The lowest BCUT2D eigenvalue weighted by molar-refractivity contribution is 0.0969. The molecule has 0 saturated carbocycles. The van der Waals surface area contributed by atoms with Crippen molar-refractivity contribution in [2.75, 3.05) is 39.8 Å². The molecule has 1 aliphatic rings. The van der Waals surface area contributed by atoms with Crippen molar-refractivity contribution in [3.63, 3.8) is 0 Å². The van der Waals surface area contributed by atoms with Crippen molar-refractivity contribution in [1.29, 1.82) is 0 Å². The number of nitrogens with zero attached hydrogens (tertiary/aromatic N) is 2. The number of benzene rings is 1. The number of nitrogens with one attached hydrogen (secondary N) is 1. The average Bonchev–Trinajstić information content (AvgIpc) is 2.48. The molecule has 2 atom stereocenters. The Labute approximate surface area is 124 Å². The first-order valence-electron chi connectivity index (χ1n) is 7.91. The van der Waals surface area contributed by atoms with E-state index in [9.17, 15) is 0 Å². The van der Waals surface area contributed by atoms with E-state index < -0.39 is 0 Å². The van der Waals surface area contributed by atoms with Gasteiger partial charge in [-0.3, -0.25) is 4.90 Å². The summed E-state index contributed by atoms with van der Waals surface area (Å²) in [6.45, 7) is 10.3. The van der Waals surface area contributed by atoms with Gasteiger partial charge in [-0.2, -0.15) is 0 Å². The first-order chi connectivity index (χ1) is 9.70. The Morgan fingerprint density at radius 2 is 2.00 bits per heavy atom. The molecule has 3 heteroatoms. The van der Waals surface area contributed by atoms with Crippen molar-refractivity contribution in [2.45, 2.75) is 32.4 Å². The third-order valence-electron chi connectivity index (χ3n) is 4.33. The minimum Gasteiger partial charge on any atom is -0.309 e. The Hall–Kier alpha value is -0.900. The van der Waals surface area contributed by atoms with E-state index in [1.54, 1.807) is 0 Å². The smallest absolute Gasteiger partial charge is 0.0449 e. The van der Waals surface area contributed by atoms with Gasteiger partial charge in [-0.15, -0.1) is 0 Å². The van der Waals surface area contributed by atoms with Crippen LogP contribution in [0.3, 0.4) is 0 Å². The molecule has 1 fully saturated rings. The lowest BCUT2D eigenvalue weighted by Crippen LogP contribution is -2.51. The Kier molecular flexibility index (Phi) is 6.02. The SMILES string of the molecule is CCCNC(CN1CCN(C)C(C)C1)c1ccccc1. The fourth-order valence-electron chi connectivity index (χ4n) is 2.84. The number of piperazine rings is 1. The van der Waals surface area contributed by atoms with E-state index in [0.717, 1.165) is 13.1 Å². The summed E-state index contributed by atoms with van der Waals surface area (Å²) in [5.74, 6) is 0. The number of hydrogen-bond acceptors (Lipinski definition) is 3. The molecule has 1 N–H and O–H groups in total. The summed E-state index contributed by atoms with van der Waals surface area (Å²) in [7, 11) is 2.23. The molecule has 0 bridgehead atoms. The molecule has 2 rings (SSSR count). The van der Waals surface area contributed by atoms with Gasteiger partial charge in [0.05, 0.1) is 0 Å². The molecule has 3 nitrogen and oxygen atoms in total. The molecule has 1 aromatic rings. The molecule has 1 saturated heterocycles. The Balaban J connectivity index is 1.97. The summed E-state index contributed by atoms with van der Waals surface area (Å²) in [6, 6.07) is 12.0. The van der Waals surface area contributed by atoms with Gasteiger partial charge < -0.3 is 10.2 Å². The number of rotatable bonds is 6. The first-order valence-corrected chi connectivity index (χ1v) is 7.91. The number of likely N-dealkylation sites (N-methyl/N-ethyl adjacent to an activating group) is 1. The van der Waals surface area contributed by atoms with Crippen LogP contribution in [0, 0.1) is 0 Å². The van der Waals surface area contributed by atoms with Crippen molar-refractivity contribution in [3.8, 4) is 0 Å². The van der Waals surface area contributed by atoms with E-state index >= 15 is 0 Å². The second kappa shape index (κ2) is 7.77. The molecule has 0 amide bonds. The van der Waals surface area contributed by atoms with Crippen LogP contribution < -0.4 is 5.32 Å². The molecule has 1 aromatic carbocycles. The Morgan fingerprint density at radius 3 is 2.65 bits per heavy atom. The maximum Gasteiger partial charge on any atom is 0.0449 e. The largest absolute Gasteiger partial charge is 0.309 e. The Morgan fingerprint density at radius 1 is 1.25 bits per heavy atom. The molecule has 1 aliphatic heterocycles. The maximum absolute atomic E-state index is 3.70. The highest BCUT2D eigenvalue weighted by Gasteiger charge is 2.23. The summed E-state index contributed by atoms with van der Waals surface area (Å²) < 4.78 is 0. The van der Waals surface area contributed by atoms with Gasteiger partial charge in [0.1, 0.15) is 0 Å². The quantitative estimate of drug-likeness (QED) is 0.860. The van der Waals surface area contributed by atoms with Crippen molar-refractivity contribution >= 4 is 0 Å². The molecular weight excluding hydrogens is 246 g/mol. The summed E-state index contributed by atoms with van der Waals surface area (Å²) >= 11 is 0. The van der Waals surface area contributed by atoms with Crippen LogP contribution >= 0.6 is 0 Å². The predicted octanol–water partition coefficient (Wildman–Crippen LogP) is 2.36. The molecule has 20 heavy (non-hydrogen) atoms. The lowest BCUT2D eigenvalue weighted by atomic mass is 10.1. The average molecular weight is 275 g/mol. The summed E-state index contributed by atoms with van der Waals surface area (Å²) in [6.07, 6.45) is 1.18. The van der Waals surface area contributed by atoms with Crippen LogP contribution in [-0.4, -0.2) is 55.6 Å². The van der Waals surface area contributed by atoms with Gasteiger partial charge in [0.15, 0.2) is 0 Å². The zero-order valence-corrected chi connectivity index (χ0v) is 13.2. The maximum atomic E-state index is 3.70. The van der Waals surface area contributed by atoms with Gasteiger partial charge in [-0.25, -0.2) is 0 Å². The van der Waals surface area contributed by atoms with Crippen LogP contribution in [0.5, 0.6) is 0 Å². The van der Waals surface area contributed by atoms with Crippen LogP contribution in [0.1, 0.15) is 31.9 Å². The van der Waals surface area contributed by atoms with Crippen LogP contribution in [-0.2, 0) is 0 Å². The van der Waals surface area contributed by atoms with Gasteiger partial charge in [0.2, 0.25) is 0 Å².